The van der Waals surface area contributed by atoms with E-state index in [-0.39, 0.29) is 5.91 Å². The van der Waals surface area contributed by atoms with E-state index in [1.807, 2.05) is 24.3 Å². The molecule has 27 heavy (non-hydrogen) atoms. The number of amidine groups is 1. The van der Waals surface area contributed by atoms with Gasteiger partial charge in [-0.2, -0.15) is 0 Å². The number of rotatable bonds is 5. The van der Waals surface area contributed by atoms with E-state index < -0.39 is 12.1 Å². The number of amides is 1. The molecule has 6 nitrogen and oxygen atoms in total. The van der Waals surface area contributed by atoms with Gasteiger partial charge in [0.05, 0.1) is 10.6 Å². The van der Waals surface area contributed by atoms with Crippen molar-refractivity contribution < 1.29 is 19.4 Å². The third-order valence-corrected chi connectivity index (χ3v) is 4.99. The fourth-order valence-electron chi connectivity index (χ4n) is 2.16. The van der Waals surface area contributed by atoms with Crippen LogP contribution in [0.5, 0.6) is 5.75 Å². The summed E-state index contributed by atoms with van der Waals surface area (Å²) in [6.07, 6.45) is 0.817. The summed E-state index contributed by atoms with van der Waals surface area (Å²) in [6.45, 7) is 1.46. The van der Waals surface area contributed by atoms with E-state index >= 15 is 0 Å². The smallest absolute Gasteiger partial charge is 0.344 e. The van der Waals surface area contributed by atoms with Crippen molar-refractivity contribution >= 4 is 56.5 Å². The van der Waals surface area contributed by atoms with Gasteiger partial charge in [-0.3, -0.25) is 4.79 Å². The van der Waals surface area contributed by atoms with E-state index in [1.165, 1.54) is 18.7 Å². The minimum absolute atomic E-state index is 0.212. The second-order valence-corrected chi connectivity index (χ2v) is 7.57. The molecule has 0 aliphatic carbocycles. The van der Waals surface area contributed by atoms with E-state index in [1.54, 1.807) is 30.3 Å². The fraction of sp³-hybridized carbons (Fsp3) is 0.105. The van der Waals surface area contributed by atoms with E-state index in [2.05, 4.69) is 26.2 Å². The summed E-state index contributed by atoms with van der Waals surface area (Å²) in [7, 11) is 0. The van der Waals surface area contributed by atoms with Crippen molar-refractivity contribution in [1.82, 2.24) is 5.32 Å². The second kappa shape index (κ2) is 8.41. The van der Waals surface area contributed by atoms with Gasteiger partial charge in [0.2, 0.25) is 0 Å². The highest BCUT2D eigenvalue weighted by Gasteiger charge is 2.23. The van der Waals surface area contributed by atoms with Gasteiger partial charge in [0.15, 0.2) is 11.3 Å². The number of nitrogens with one attached hydrogen (secondary N) is 1. The molecule has 138 valence electrons. The molecule has 2 aromatic rings. The van der Waals surface area contributed by atoms with Gasteiger partial charge in [-0.05, 0) is 66.7 Å². The van der Waals surface area contributed by atoms with Crippen LogP contribution in [0.25, 0.3) is 6.08 Å². The molecule has 0 unspecified atom stereocenters. The first-order valence-electron chi connectivity index (χ1n) is 7.95. The van der Waals surface area contributed by atoms with Crippen LogP contribution >= 0.6 is 27.7 Å². The largest absolute Gasteiger partial charge is 0.479 e. The minimum Gasteiger partial charge on any atom is -0.479 e. The van der Waals surface area contributed by atoms with Crippen LogP contribution in [0.2, 0.25) is 0 Å². The highest BCUT2D eigenvalue weighted by molar-refractivity contribution is 9.10. The van der Waals surface area contributed by atoms with Crippen LogP contribution in [0, 0.1) is 0 Å². The maximum absolute atomic E-state index is 12.1. The number of nitrogens with zero attached hydrogens (tertiary/aromatic N) is 1. The first kappa shape index (κ1) is 19.2. The Labute approximate surface area is 168 Å². The van der Waals surface area contributed by atoms with Crippen LogP contribution < -0.4 is 10.1 Å². The van der Waals surface area contributed by atoms with E-state index in [0.717, 1.165) is 15.7 Å². The number of carboxylic acids is 1. The lowest BCUT2D eigenvalue weighted by molar-refractivity contribution is -0.144. The van der Waals surface area contributed by atoms with Crippen molar-refractivity contribution in [3.8, 4) is 5.75 Å². The lowest BCUT2D eigenvalue weighted by Crippen LogP contribution is -2.22. The molecule has 0 radical (unpaired) electrons. The molecule has 8 heteroatoms. The molecule has 3 rings (SSSR count). The Morgan fingerprint density at radius 1 is 1.22 bits per heavy atom. The summed E-state index contributed by atoms with van der Waals surface area (Å²) in [4.78, 5) is 27.9. The van der Waals surface area contributed by atoms with Crippen LogP contribution in [-0.2, 0) is 9.59 Å². The van der Waals surface area contributed by atoms with Crippen molar-refractivity contribution in [2.45, 2.75) is 13.0 Å². The minimum atomic E-state index is -1.03. The number of carbonyl (C=O) groups is 2. The predicted molar refractivity (Wildman–Crippen MR) is 109 cm³/mol. The van der Waals surface area contributed by atoms with Crippen LogP contribution in [0.3, 0.4) is 0 Å². The average molecular weight is 447 g/mol. The third-order valence-electron chi connectivity index (χ3n) is 3.55. The van der Waals surface area contributed by atoms with Gasteiger partial charge in [0.25, 0.3) is 5.91 Å². The van der Waals surface area contributed by atoms with Crippen LogP contribution in [0.4, 0.5) is 5.69 Å². The van der Waals surface area contributed by atoms with E-state index in [0.29, 0.717) is 15.8 Å². The maximum Gasteiger partial charge on any atom is 0.344 e. The van der Waals surface area contributed by atoms with Gasteiger partial charge < -0.3 is 15.2 Å². The molecule has 1 atom stereocenters. The number of benzene rings is 2. The molecule has 0 spiro atoms. The Balaban J connectivity index is 1.70. The number of aliphatic carboxylic acids is 1. The van der Waals surface area contributed by atoms with Gasteiger partial charge in [-0.25, -0.2) is 9.79 Å². The number of carboxylic acid groups (broad SMARTS) is 1. The SMILES string of the molecule is C[C@@H](Oc1ccc(/C=C2\SC(=Nc3ccc(Br)cc3)NC2=O)cc1)C(=O)O. The molecule has 0 bridgehead atoms. The summed E-state index contributed by atoms with van der Waals surface area (Å²) in [6, 6.07) is 14.3. The zero-order valence-electron chi connectivity index (χ0n) is 14.2. The van der Waals surface area contributed by atoms with Gasteiger partial charge in [-0.15, -0.1) is 0 Å². The Morgan fingerprint density at radius 2 is 1.89 bits per heavy atom. The monoisotopic (exact) mass is 446 g/mol. The van der Waals surface area contributed by atoms with Crippen LogP contribution in [-0.4, -0.2) is 28.3 Å². The van der Waals surface area contributed by atoms with E-state index in [4.69, 9.17) is 9.84 Å². The quantitative estimate of drug-likeness (QED) is 0.672. The lowest BCUT2D eigenvalue weighted by Gasteiger charge is -2.10. The van der Waals surface area contributed by atoms with Crippen molar-refractivity contribution in [1.29, 1.82) is 0 Å². The molecule has 1 aliphatic heterocycles. The summed E-state index contributed by atoms with van der Waals surface area (Å²) in [5.74, 6) is -0.790. The molecule has 2 aromatic carbocycles. The second-order valence-electron chi connectivity index (χ2n) is 5.63. The van der Waals surface area contributed by atoms with Crippen molar-refractivity contribution in [3.63, 3.8) is 0 Å². The van der Waals surface area contributed by atoms with Gasteiger partial charge >= 0.3 is 5.97 Å². The van der Waals surface area contributed by atoms with Crippen LogP contribution in [0.1, 0.15) is 12.5 Å². The number of hydrogen-bond donors (Lipinski definition) is 2. The maximum atomic E-state index is 12.1. The standard InChI is InChI=1S/C19H15BrN2O4S/c1-11(18(24)25)26-15-8-2-12(3-9-15)10-16-17(23)22-19(27-16)21-14-6-4-13(20)5-7-14/h2-11H,1H3,(H,24,25)(H,21,22,23)/b16-10-/t11-/m1/s1. The number of hydrogen-bond acceptors (Lipinski definition) is 5. The highest BCUT2D eigenvalue weighted by atomic mass is 79.9. The molecular formula is C19H15BrN2O4S. The Bertz CT molecular complexity index is 924. The summed E-state index contributed by atoms with van der Waals surface area (Å²) >= 11 is 4.63. The number of thioether (sulfide) groups is 1. The summed E-state index contributed by atoms with van der Waals surface area (Å²) in [5, 5.41) is 12.1. The average Bonchev–Trinajstić information content (AvgIpc) is 2.97. The van der Waals surface area contributed by atoms with Gasteiger partial charge in [0, 0.05) is 4.47 Å². The molecular weight excluding hydrogens is 432 g/mol. The van der Waals surface area contributed by atoms with E-state index in [9.17, 15) is 9.59 Å². The van der Waals surface area contributed by atoms with Gasteiger partial charge in [0.1, 0.15) is 5.75 Å². The first-order chi connectivity index (χ1) is 12.9. The third kappa shape index (κ3) is 5.21. The number of carbonyl (C=O) groups excluding carboxylic acids is 1. The fourth-order valence-corrected chi connectivity index (χ4v) is 3.27. The molecule has 0 aromatic heterocycles. The topological polar surface area (TPSA) is 88.0 Å². The molecule has 1 heterocycles. The predicted octanol–water partition coefficient (Wildman–Crippen LogP) is 4.19. The number of ether oxygens (including phenoxy) is 1. The van der Waals surface area contributed by atoms with Crippen molar-refractivity contribution in [3.05, 3.63) is 63.5 Å². The highest BCUT2D eigenvalue weighted by Crippen LogP contribution is 2.29. The molecule has 2 N–H and O–H groups in total. The summed E-state index contributed by atoms with van der Waals surface area (Å²) in [5.41, 5.74) is 1.55. The molecule has 1 amide bonds. The molecule has 0 saturated carbocycles. The van der Waals surface area contributed by atoms with Crippen LogP contribution in [0.15, 0.2) is 62.9 Å². The molecule has 1 aliphatic rings. The number of halogens is 1. The normalized spacial score (nSPS) is 17.8. The zero-order chi connectivity index (χ0) is 19.4. The lowest BCUT2D eigenvalue weighted by atomic mass is 10.2. The van der Waals surface area contributed by atoms with Gasteiger partial charge in [-0.1, -0.05) is 28.1 Å². The molecule has 1 saturated heterocycles. The summed E-state index contributed by atoms with van der Waals surface area (Å²) < 4.78 is 6.25. The Hall–Kier alpha value is -2.58. The zero-order valence-corrected chi connectivity index (χ0v) is 16.6. The van der Waals surface area contributed by atoms with Crippen molar-refractivity contribution in [2.24, 2.45) is 4.99 Å². The number of aliphatic imine (C=N–C) groups is 1. The Morgan fingerprint density at radius 3 is 2.52 bits per heavy atom. The Kier molecular flexibility index (Phi) is 5.98. The molecule has 1 fully saturated rings. The first-order valence-corrected chi connectivity index (χ1v) is 9.56. The van der Waals surface area contributed by atoms with Crippen molar-refractivity contribution in [2.75, 3.05) is 0 Å².